The van der Waals surface area contributed by atoms with Crippen molar-refractivity contribution in [1.29, 1.82) is 0 Å². The zero-order chi connectivity index (χ0) is 29.6. The lowest BCUT2D eigenvalue weighted by Crippen LogP contribution is -2.38. The van der Waals surface area contributed by atoms with Gasteiger partial charge in [0.05, 0.1) is 22.1 Å². The predicted molar refractivity (Wildman–Crippen MR) is 156 cm³/mol. The number of ether oxygens (including phenoxy) is 1. The molecule has 1 heterocycles. The molecular weight excluding hydrogens is 590 g/mol. The quantitative estimate of drug-likeness (QED) is 0.251. The highest BCUT2D eigenvalue weighted by Gasteiger charge is 2.29. The van der Waals surface area contributed by atoms with Crippen LogP contribution in [0.5, 0.6) is 5.75 Å². The monoisotopic (exact) mass is 615 g/mol. The molecule has 0 saturated carbocycles. The Morgan fingerprint density at radius 3 is 2.24 bits per heavy atom. The molecule has 3 aromatic carbocycles. The third-order valence-electron chi connectivity index (χ3n) is 5.59. The Balaban J connectivity index is 1.57. The minimum atomic E-state index is -4.22. The van der Waals surface area contributed by atoms with Crippen molar-refractivity contribution in [2.45, 2.75) is 23.6 Å². The molecule has 0 saturated heterocycles. The maximum Gasteiger partial charge on any atom is 0.264 e. The van der Waals surface area contributed by atoms with E-state index in [0.29, 0.717) is 10.7 Å². The maximum atomic E-state index is 13.7. The third kappa shape index (κ3) is 7.31. The number of para-hydroxylation sites is 2. The summed E-state index contributed by atoms with van der Waals surface area (Å²) in [6.45, 7) is 3.14. The van der Waals surface area contributed by atoms with Crippen LogP contribution in [0.2, 0.25) is 5.02 Å². The van der Waals surface area contributed by atoms with Gasteiger partial charge >= 0.3 is 0 Å². The number of benzene rings is 3. The number of aryl methyl sites for hydroxylation is 1. The Bertz CT molecular complexity index is 1750. The summed E-state index contributed by atoms with van der Waals surface area (Å²) in [4.78, 5) is 20.9. The number of nitrogens with zero attached hydrogens (tertiary/aromatic N) is 3. The van der Waals surface area contributed by atoms with Gasteiger partial charge in [-0.1, -0.05) is 23.7 Å². The molecule has 0 fully saturated rings. The summed E-state index contributed by atoms with van der Waals surface area (Å²) in [5, 5.41) is 2.97. The number of amides is 1. The van der Waals surface area contributed by atoms with Crippen molar-refractivity contribution in [3.05, 3.63) is 95.8 Å². The molecule has 0 aliphatic heterocycles. The van der Waals surface area contributed by atoms with Crippen molar-refractivity contribution in [3.8, 4) is 5.75 Å². The Labute approximate surface area is 243 Å². The van der Waals surface area contributed by atoms with Gasteiger partial charge in [-0.25, -0.2) is 31.5 Å². The summed E-state index contributed by atoms with van der Waals surface area (Å²) in [6, 6.07) is 19.0. The summed E-state index contributed by atoms with van der Waals surface area (Å²) in [7, 11) is -8.22. The van der Waals surface area contributed by atoms with Crippen LogP contribution in [0.25, 0.3) is 0 Å². The van der Waals surface area contributed by atoms with Crippen LogP contribution in [0.4, 0.5) is 17.3 Å². The summed E-state index contributed by atoms with van der Waals surface area (Å²) in [5.41, 5.74) is 1.01. The maximum absolute atomic E-state index is 13.7. The smallest absolute Gasteiger partial charge is 0.264 e. The number of hydrogen-bond acceptors (Lipinski definition) is 8. The van der Waals surface area contributed by atoms with Crippen LogP contribution in [-0.4, -0.2) is 45.9 Å². The number of carbonyl (C=O) groups excluding carboxylic acids is 1. The van der Waals surface area contributed by atoms with E-state index in [9.17, 15) is 21.6 Å². The number of aromatic nitrogens is 2. The van der Waals surface area contributed by atoms with Gasteiger partial charge in [-0.2, -0.15) is 0 Å². The van der Waals surface area contributed by atoms with Crippen molar-refractivity contribution in [2.24, 2.45) is 0 Å². The first-order valence-electron chi connectivity index (χ1n) is 12.2. The number of carbonyl (C=O) groups is 1. The Morgan fingerprint density at radius 1 is 0.927 bits per heavy atom. The largest absolute Gasteiger partial charge is 0.492 e. The highest BCUT2D eigenvalue weighted by Crippen LogP contribution is 2.33. The molecule has 11 nitrogen and oxygen atoms in total. The second-order valence-electron chi connectivity index (χ2n) is 8.57. The van der Waals surface area contributed by atoms with Crippen molar-refractivity contribution in [2.75, 3.05) is 27.5 Å². The first-order chi connectivity index (χ1) is 19.5. The summed E-state index contributed by atoms with van der Waals surface area (Å²) in [5.74, 6) is -0.465. The SMILES string of the molecule is CCOc1ccccc1N(CC(=O)Nc1ccc(S(=O)(=O)Nc2nccc(C)n2)cc1)S(=O)(=O)c1ccc(Cl)cc1. The summed E-state index contributed by atoms with van der Waals surface area (Å²) < 4.78 is 61.7. The van der Waals surface area contributed by atoms with Gasteiger partial charge in [-0.05, 0) is 80.6 Å². The number of anilines is 3. The topological polar surface area (TPSA) is 148 Å². The molecule has 1 aromatic heterocycles. The zero-order valence-corrected chi connectivity index (χ0v) is 24.4. The number of hydrogen-bond donors (Lipinski definition) is 2. The Hall–Kier alpha value is -4.20. The number of halogens is 1. The van der Waals surface area contributed by atoms with Gasteiger partial charge in [0.15, 0.2) is 0 Å². The molecule has 0 spiro atoms. The fourth-order valence-corrected chi connectivity index (χ4v) is 6.21. The zero-order valence-electron chi connectivity index (χ0n) is 22.0. The van der Waals surface area contributed by atoms with E-state index in [-0.39, 0.29) is 39.5 Å². The molecule has 0 radical (unpaired) electrons. The van der Waals surface area contributed by atoms with Crippen molar-refractivity contribution < 1.29 is 26.4 Å². The van der Waals surface area contributed by atoms with Crippen LogP contribution in [0.1, 0.15) is 12.6 Å². The molecule has 2 N–H and O–H groups in total. The lowest BCUT2D eigenvalue weighted by Gasteiger charge is -2.26. The fourth-order valence-electron chi connectivity index (χ4n) is 3.70. The van der Waals surface area contributed by atoms with E-state index in [2.05, 4.69) is 20.0 Å². The number of sulfonamides is 2. The highest BCUT2D eigenvalue weighted by molar-refractivity contribution is 7.93. The fraction of sp³-hybridized carbons (Fsp3) is 0.148. The van der Waals surface area contributed by atoms with Crippen LogP contribution < -0.4 is 19.1 Å². The van der Waals surface area contributed by atoms with Gasteiger partial charge in [0.2, 0.25) is 11.9 Å². The molecule has 41 heavy (non-hydrogen) atoms. The summed E-state index contributed by atoms with van der Waals surface area (Å²) in [6.07, 6.45) is 1.43. The van der Waals surface area contributed by atoms with Crippen LogP contribution in [-0.2, 0) is 24.8 Å². The lowest BCUT2D eigenvalue weighted by molar-refractivity contribution is -0.114. The molecule has 14 heteroatoms. The van der Waals surface area contributed by atoms with Crippen molar-refractivity contribution in [3.63, 3.8) is 0 Å². The van der Waals surface area contributed by atoms with Gasteiger partial charge in [0.1, 0.15) is 12.3 Å². The second kappa shape index (κ2) is 12.5. The predicted octanol–water partition coefficient (Wildman–Crippen LogP) is 4.47. The standard InChI is InChI=1S/C27H26ClN5O6S2/c1-3-39-25-7-5-4-6-24(25)33(41(37,38)23-12-8-20(28)9-13-23)18-26(34)31-21-10-14-22(15-11-21)40(35,36)32-27-29-17-16-19(2)30-27/h4-17H,3,18H2,1-2H3,(H,31,34)(H,29,30,32). The van der Waals surface area contributed by atoms with E-state index in [4.69, 9.17) is 16.3 Å². The van der Waals surface area contributed by atoms with E-state index < -0.39 is 32.5 Å². The Kier molecular flexibility index (Phi) is 9.11. The number of rotatable bonds is 11. The van der Waals surface area contributed by atoms with Crippen LogP contribution in [0.15, 0.2) is 94.9 Å². The Morgan fingerprint density at radius 2 is 1.59 bits per heavy atom. The third-order valence-corrected chi connectivity index (χ3v) is 8.96. The van der Waals surface area contributed by atoms with E-state index in [0.717, 1.165) is 4.31 Å². The van der Waals surface area contributed by atoms with Crippen LogP contribution in [0, 0.1) is 6.92 Å². The molecule has 0 aliphatic carbocycles. The van der Waals surface area contributed by atoms with Crippen molar-refractivity contribution >= 4 is 54.9 Å². The molecule has 0 bridgehead atoms. The molecular formula is C27H26ClN5O6S2. The second-order valence-corrected chi connectivity index (χ2v) is 12.5. The minimum absolute atomic E-state index is 0.0688. The molecule has 1 amide bonds. The van der Waals surface area contributed by atoms with E-state index in [1.807, 2.05) is 0 Å². The van der Waals surface area contributed by atoms with Crippen LogP contribution in [0.3, 0.4) is 0 Å². The molecule has 0 aliphatic rings. The average Bonchev–Trinajstić information content (AvgIpc) is 2.93. The van der Waals surface area contributed by atoms with E-state index in [1.165, 1.54) is 60.8 Å². The molecule has 214 valence electrons. The minimum Gasteiger partial charge on any atom is -0.492 e. The lowest BCUT2D eigenvalue weighted by atomic mass is 10.3. The molecule has 4 aromatic rings. The molecule has 4 rings (SSSR count). The number of nitrogens with one attached hydrogen (secondary N) is 2. The van der Waals surface area contributed by atoms with Gasteiger partial charge in [-0.3, -0.25) is 9.10 Å². The first-order valence-corrected chi connectivity index (χ1v) is 15.5. The molecule has 0 unspecified atom stereocenters. The van der Waals surface area contributed by atoms with E-state index in [1.54, 1.807) is 38.1 Å². The van der Waals surface area contributed by atoms with Gasteiger partial charge in [0, 0.05) is 22.6 Å². The van der Waals surface area contributed by atoms with Gasteiger partial charge in [-0.15, -0.1) is 0 Å². The van der Waals surface area contributed by atoms with Gasteiger partial charge in [0.25, 0.3) is 20.0 Å². The summed E-state index contributed by atoms with van der Waals surface area (Å²) >= 11 is 5.94. The highest BCUT2D eigenvalue weighted by atomic mass is 35.5. The average molecular weight is 616 g/mol. The van der Waals surface area contributed by atoms with Crippen LogP contribution >= 0.6 is 11.6 Å². The van der Waals surface area contributed by atoms with Crippen molar-refractivity contribution in [1.82, 2.24) is 9.97 Å². The first kappa shape index (κ1) is 29.8. The normalized spacial score (nSPS) is 11.5. The molecule has 0 atom stereocenters. The van der Waals surface area contributed by atoms with E-state index >= 15 is 0 Å². The van der Waals surface area contributed by atoms with Gasteiger partial charge < -0.3 is 10.1 Å².